The van der Waals surface area contributed by atoms with Crippen LogP contribution in [-0.2, 0) is 0 Å². The lowest BCUT2D eigenvalue weighted by molar-refractivity contribution is 0.375. The number of hydrogen-bond acceptors (Lipinski definition) is 3. The van der Waals surface area contributed by atoms with E-state index in [1.54, 1.807) is 12.1 Å². The van der Waals surface area contributed by atoms with Crippen LogP contribution in [0.2, 0.25) is 0 Å². The van der Waals surface area contributed by atoms with Crippen molar-refractivity contribution in [3.8, 4) is 23.0 Å². The Bertz CT molecular complexity index is 486. The Morgan fingerprint density at radius 3 is 2.12 bits per heavy atom. The smallest absolute Gasteiger partial charge is 0.210 e. The lowest BCUT2D eigenvalue weighted by Crippen LogP contribution is -1.88. The normalized spacial score (nSPS) is 10.1. The van der Waals surface area contributed by atoms with Crippen molar-refractivity contribution < 1.29 is 14.9 Å². The second-order valence-corrected chi connectivity index (χ2v) is 3.49. The van der Waals surface area contributed by atoms with Crippen molar-refractivity contribution >= 4 is 0 Å². The van der Waals surface area contributed by atoms with Crippen molar-refractivity contribution in [3.05, 3.63) is 48.0 Å². The highest BCUT2D eigenvalue weighted by Crippen LogP contribution is 2.39. The minimum Gasteiger partial charge on any atom is -0.504 e. The quantitative estimate of drug-likeness (QED) is 0.810. The number of phenolic OH excluding ortho intramolecular Hbond substituents is 2. The maximum absolute atomic E-state index is 9.56. The fraction of sp³-hybridized carbons (Fsp3) is 0.0769. The van der Waals surface area contributed by atoms with E-state index in [0.29, 0.717) is 5.75 Å². The molecule has 0 atom stereocenters. The van der Waals surface area contributed by atoms with Crippen molar-refractivity contribution in [2.24, 2.45) is 0 Å². The number of para-hydroxylation sites is 2. The third kappa shape index (κ3) is 1.93. The molecule has 2 N–H and O–H groups in total. The summed E-state index contributed by atoms with van der Waals surface area (Å²) >= 11 is 0. The van der Waals surface area contributed by atoms with Gasteiger partial charge in [-0.2, -0.15) is 0 Å². The van der Waals surface area contributed by atoms with Crippen molar-refractivity contribution in [2.75, 3.05) is 0 Å². The van der Waals surface area contributed by atoms with Crippen LogP contribution in [0.3, 0.4) is 0 Å². The molecular formula is C13H12O3. The molecule has 0 aliphatic rings. The highest BCUT2D eigenvalue weighted by molar-refractivity contribution is 5.52. The molecule has 0 fully saturated rings. The van der Waals surface area contributed by atoms with Crippen molar-refractivity contribution in [1.29, 1.82) is 0 Å². The summed E-state index contributed by atoms with van der Waals surface area (Å²) in [4.78, 5) is 0. The zero-order chi connectivity index (χ0) is 11.5. The predicted molar refractivity (Wildman–Crippen MR) is 61.0 cm³/mol. The summed E-state index contributed by atoms with van der Waals surface area (Å²) < 4.78 is 5.47. The fourth-order valence-corrected chi connectivity index (χ4v) is 1.40. The first-order valence-corrected chi connectivity index (χ1v) is 4.93. The standard InChI is InChI=1S/C13H12O3/c1-9-5-2-3-8-12(9)16-13-10(14)6-4-7-11(13)15/h2-8,14-15H,1H3. The van der Waals surface area contributed by atoms with Crippen LogP contribution >= 0.6 is 0 Å². The topological polar surface area (TPSA) is 49.7 Å². The summed E-state index contributed by atoms with van der Waals surface area (Å²) in [5.74, 6) is 0.530. The summed E-state index contributed by atoms with van der Waals surface area (Å²) in [5.41, 5.74) is 0.935. The van der Waals surface area contributed by atoms with Crippen LogP contribution in [0.15, 0.2) is 42.5 Å². The largest absolute Gasteiger partial charge is 0.504 e. The maximum Gasteiger partial charge on any atom is 0.210 e. The van der Waals surface area contributed by atoms with E-state index in [0.717, 1.165) is 5.56 Å². The van der Waals surface area contributed by atoms with E-state index < -0.39 is 0 Å². The number of aryl methyl sites for hydroxylation is 1. The average Bonchev–Trinajstić information content (AvgIpc) is 2.26. The van der Waals surface area contributed by atoms with Gasteiger partial charge in [0.2, 0.25) is 5.75 Å². The van der Waals surface area contributed by atoms with Gasteiger partial charge in [0.15, 0.2) is 11.5 Å². The lowest BCUT2D eigenvalue weighted by atomic mass is 10.2. The first-order valence-electron chi connectivity index (χ1n) is 4.93. The van der Waals surface area contributed by atoms with Crippen LogP contribution in [0, 0.1) is 6.92 Å². The number of rotatable bonds is 2. The van der Waals surface area contributed by atoms with E-state index in [9.17, 15) is 10.2 Å². The van der Waals surface area contributed by atoms with Gasteiger partial charge in [0.1, 0.15) is 5.75 Å². The molecule has 2 rings (SSSR count). The van der Waals surface area contributed by atoms with Crippen LogP contribution in [0.25, 0.3) is 0 Å². The highest BCUT2D eigenvalue weighted by atomic mass is 16.5. The molecule has 0 heterocycles. The summed E-state index contributed by atoms with van der Waals surface area (Å²) in [5, 5.41) is 19.1. The van der Waals surface area contributed by atoms with Crippen LogP contribution in [-0.4, -0.2) is 10.2 Å². The molecule has 0 bridgehead atoms. The number of benzene rings is 2. The van der Waals surface area contributed by atoms with Gasteiger partial charge in [-0.1, -0.05) is 24.3 Å². The van der Waals surface area contributed by atoms with Crippen molar-refractivity contribution in [3.63, 3.8) is 0 Å². The molecule has 82 valence electrons. The molecule has 16 heavy (non-hydrogen) atoms. The fourth-order valence-electron chi connectivity index (χ4n) is 1.40. The molecule has 3 nitrogen and oxygen atoms in total. The third-order valence-corrected chi connectivity index (χ3v) is 2.28. The molecule has 0 radical (unpaired) electrons. The number of phenols is 2. The molecule has 2 aromatic rings. The predicted octanol–water partition coefficient (Wildman–Crippen LogP) is 3.20. The van der Waals surface area contributed by atoms with Gasteiger partial charge in [0.05, 0.1) is 0 Å². The Hall–Kier alpha value is -2.16. The van der Waals surface area contributed by atoms with Crippen LogP contribution < -0.4 is 4.74 Å². The van der Waals surface area contributed by atoms with Crippen LogP contribution in [0.5, 0.6) is 23.0 Å². The van der Waals surface area contributed by atoms with Crippen LogP contribution in [0.4, 0.5) is 0 Å². The zero-order valence-corrected chi connectivity index (χ0v) is 8.84. The van der Waals surface area contributed by atoms with E-state index >= 15 is 0 Å². The average molecular weight is 216 g/mol. The van der Waals surface area contributed by atoms with Crippen LogP contribution in [0.1, 0.15) is 5.56 Å². The SMILES string of the molecule is Cc1ccccc1Oc1c(O)cccc1O. The molecule has 0 amide bonds. The van der Waals surface area contributed by atoms with Crippen molar-refractivity contribution in [1.82, 2.24) is 0 Å². The molecule has 0 spiro atoms. The molecule has 0 unspecified atom stereocenters. The first kappa shape index (κ1) is 10.4. The number of ether oxygens (including phenoxy) is 1. The summed E-state index contributed by atoms with van der Waals surface area (Å²) in [6, 6.07) is 11.9. The molecule has 0 aromatic heterocycles. The minimum absolute atomic E-state index is 0.0803. The minimum atomic E-state index is -0.0803. The number of hydrogen-bond donors (Lipinski definition) is 2. The molecule has 0 aliphatic carbocycles. The Balaban J connectivity index is 2.38. The third-order valence-electron chi connectivity index (χ3n) is 2.28. The second-order valence-electron chi connectivity index (χ2n) is 3.49. The monoisotopic (exact) mass is 216 g/mol. The van der Waals surface area contributed by atoms with Crippen molar-refractivity contribution in [2.45, 2.75) is 6.92 Å². The molecule has 0 aliphatic heterocycles. The van der Waals surface area contributed by atoms with E-state index in [-0.39, 0.29) is 17.2 Å². The highest BCUT2D eigenvalue weighted by Gasteiger charge is 2.10. The molecule has 2 aromatic carbocycles. The summed E-state index contributed by atoms with van der Waals surface area (Å²) in [6.07, 6.45) is 0. The van der Waals surface area contributed by atoms with E-state index in [4.69, 9.17) is 4.74 Å². The first-order chi connectivity index (χ1) is 7.68. The van der Waals surface area contributed by atoms with Gasteiger partial charge in [0.25, 0.3) is 0 Å². The summed E-state index contributed by atoms with van der Waals surface area (Å²) in [7, 11) is 0. The summed E-state index contributed by atoms with van der Waals surface area (Å²) in [6.45, 7) is 1.90. The van der Waals surface area contributed by atoms with Gasteiger partial charge in [-0.05, 0) is 30.7 Å². The van der Waals surface area contributed by atoms with Gasteiger partial charge in [-0.15, -0.1) is 0 Å². The molecule has 3 heteroatoms. The number of aromatic hydroxyl groups is 2. The van der Waals surface area contributed by atoms with E-state index in [1.807, 2.05) is 25.1 Å². The van der Waals surface area contributed by atoms with Gasteiger partial charge >= 0.3 is 0 Å². The van der Waals surface area contributed by atoms with E-state index in [1.165, 1.54) is 12.1 Å². The molecule has 0 saturated carbocycles. The Morgan fingerprint density at radius 2 is 1.50 bits per heavy atom. The lowest BCUT2D eigenvalue weighted by Gasteiger charge is -2.10. The zero-order valence-electron chi connectivity index (χ0n) is 8.84. The van der Waals surface area contributed by atoms with Gasteiger partial charge in [-0.25, -0.2) is 0 Å². The Morgan fingerprint density at radius 1 is 0.875 bits per heavy atom. The molecule has 0 saturated heterocycles. The molecular weight excluding hydrogens is 204 g/mol. The Labute approximate surface area is 93.6 Å². The second kappa shape index (κ2) is 4.14. The van der Waals surface area contributed by atoms with Gasteiger partial charge in [-0.3, -0.25) is 0 Å². The van der Waals surface area contributed by atoms with E-state index in [2.05, 4.69) is 0 Å². The maximum atomic E-state index is 9.56. The van der Waals surface area contributed by atoms with Gasteiger partial charge in [0, 0.05) is 0 Å². The van der Waals surface area contributed by atoms with Gasteiger partial charge < -0.3 is 14.9 Å². The Kier molecular flexibility index (Phi) is 2.68.